The van der Waals surface area contributed by atoms with E-state index in [0.29, 0.717) is 29.2 Å². The van der Waals surface area contributed by atoms with Gasteiger partial charge in [-0.2, -0.15) is 4.80 Å². The summed E-state index contributed by atoms with van der Waals surface area (Å²) in [6.07, 6.45) is 0.667. The predicted octanol–water partition coefficient (Wildman–Crippen LogP) is 2.37. The van der Waals surface area contributed by atoms with Crippen molar-refractivity contribution in [3.8, 4) is 0 Å². The summed E-state index contributed by atoms with van der Waals surface area (Å²) in [5.74, 6) is 1.36. The summed E-state index contributed by atoms with van der Waals surface area (Å²) in [6.45, 7) is 2.48. The van der Waals surface area contributed by atoms with Crippen LogP contribution in [0.3, 0.4) is 0 Å². The van der Waals surface area contributed by atoms with E-state index in [0.717, 1.165) is 5.56 Å². The Bertz CT molecular complexity index is 704. The molecule has 0 aliphatic carbocycles. The van der Waals surface area contributed by atoms with Gasteiger partial charge >= 0.3 is 0 Å². The fourth-order valence-electron chi connectivity index (χ4n) is 1.80. The summed E-state index contributed by atoms with van der Waals surface area (Å²) < 4.78 is 5.74. The number of nitrogens with zero attached hydrogens (tertiary/aromatic N) is 5. The van der Waals surface area contributed by atoms with Crippen LogP contribution in [0.1, 0.15) is 22.7 Å². The van der Waals surface area contributed by atoms with Crippen LogP contribution in [0.2, 0.25) is 0 Å². The molecule has 1 aromatic carbocycles. The number of tetrazole rings is 1. The Balaban J connectivity index is 1.68. The third-order valence-corrected chi connectivity index (χ3v) is 3.18. The second-order valence-electron chi connectivity index (χ2n) is 4.51. The molecule has 0 atom stereocenters. The van der Waals surface area contributed by atoms with Crippen LogP contribution in [0.5, 0.6) is 0 Å². The Labute approximate surface area is 123 Å². The van der Waals surface area contributed by atoms with Crippen molar-refractivity contribution in [3.63, 3.8) is 0 Å². The number of benzene rings is 1. The highest BCUT2D eigenvalue weighted by atomic mass is 79.9. The lowest BCUT2D eigenvalue weighted by molar-refractivity contribution is 0.359. The van der Waals surface area contributed by atoms with Crippen molar-refractivity contribution in [3.05, 3.63) is 57.6 Å². The highest BCUT2D eigenvalue weighted by molar-refractivity contribution is 9.10. The van der Waals surface area contributed by atoms with Crippen molar-refractivity contribution < 1.29 is 4.52 Å². The van der Waals surface area contributed by atoms with Crippen LogP contribution in [0, 0.1) is 6.92 Å². The molecule has 0 spiro atoms. The second-order valence-corrected chi connectivity index (χ2v) is 5.33. The van der Waals surface area contributed by atoms with E-state index in [-0.39, 0.29) is 0 Å². The molecule has 0 saturated heterocycles. The Hall–Kier alpha value is -2.02. The average Bonchev–Trinajstić information content (AvgIpc) is 3.02. The zero-order chi connectivity index (χ0) is 13.9. The number of aryl methyl sites for hydroxylation is 1. The second kappa shape index (κ2) is 5.54. The molecule has 0 radical (unpaired) electrons. The number of hydrogen-bond donors (Lipinski definition) is 0. The molecule has 2 aromatic heterocycles. The summed E-state index contributed by atoms with van der Waals surface area (Å²) >= 11 is 3.23. The number of aromatic nitrogens is 5. The Morgan fingerprint density at radius 1 is 1.25 bits per heavy atom. The molecule has 0 fully saturated rings. The van der Waals surface area contributed by atoms with Gasteiger partial charge in [0.1, 0.15) is 11.1 Å². The average molecular weight is 334 g/mol. The lowest BCUT2D eigenvalue weighted by Crippen LogP contribution is -2.03. The van der Waals surface area contributed by atoms with Crippen LogP contribution in [-0.2, 0) is 13.0 Å². The van der Waals surface area contributed by atoms with E-state index in [1.807, 2.05) is 0 Å². The minimum Gasteiger partial charge on any atom is -0.358 e. The zero-order valence-electron chi connectivity index (χ0n) is 10.8. The first-order valence-electron chi connectivity index (χ1n) is 6.12. The molecule has 0 bridgehead atoms. The standard InChI is InChI=1S/C13H12BrN5O/c1-9-2-4-10(5-3-9)6-13-15-18-19(16-13)8-11-7-12(14)17-20-11/h2-5,7H,6,8H2,1H3. The summed E-state index contributed by atoms with van der Waals surface area (Å²) in [7, 11) is 0. The van der Waals surface area contributed by atoms with E-state index in [2.05, 4.69) is 67.7 Å². The first kappa shape index (κ1) is 13.0. The summed E-state index contributed by atoms with van der Waals surface area (Å²) in [5.41, 5.74) is 2.40. The molecule has 102 valence electrons. The van der Waals surface area contributed by atoms with Gasteiger partial charge in [0, 0.05) is 12.5 Å². The molecular weight excluding hydrogens is 322 g/mol. The maximum absolute atomic E-state index is 5.08. The van der Waals surface area contributed by atoms with Gasteiger partial charge in [0.05, 0.1) is 0 Å². The molecular formula is C13H12BrN5O. The third-order valence-electron chi connectivity index (χ3n) is 2.80. The van der Waals surface area contributed by atoms with Gasteiger partial charge in [0.25, 0.3) is 0 Å². The van der Waals surface area contributed by atoms with Crippen LogP contribution in [0.25, 0.3) is 0 Å². The number of halogens is 1. The van der Waals surface area contributed by atoms with Crippen molar-refractivity contribution >= 4 is 15.9 Å². The van der Waals surface area contributed by atoms with Gasteiger partial charge < -0.3 is 4.52 Å². The van der Waals surface area contributed by atoms with Gasteiger partial charge in [0.15, 0.2) is 11.6 Å². The van der Waals surface area contributed by atoms with Gasteiger partial charge in [-0.25, -0.2) is 0 Å². The predicted molar refractivity (Wildman–Crippen MR) is 75.1 cm³/mol. The molecule has 2 heterocycles. The fraction of sp³-hybridized carbons (Fsp3) is 0.231. The largest absolute Gasteiger partial charge is 0.358 e. The Morgan fingerprint density at radius 2 is 2.05 bits per heavy atom. The minimum absolute atomic E-state index is 0.416. The topological polar surface area (TPSA) is 69.6 Å². The van der Waals surface area contributed by atoms with E-state index >= 15 is 0 Å². The maximum Gasteiger partial charge on any atom is 0.179 e. The number of hydrogen-bond acceptors (Lipinski definition) is 5. The molecule has 0 N–H and O–H groups in total. The molecule has 0 amide bonds. The normalized spacial score (nSPS) is 10.9. The Morgan fingerprint density at radius 3 is 2.75 bits per heavy atom. The van der Waals surface area contributed by atoms with E-state index in [1.54, 1.807) is 6.07 Å². The van der Waals surface area contributed by atoms with Crippen LogP contribution >= 0.6 is 15.9 Å². The van der Waals surface area contributed by atoms with Crippen LogP contribution in [0.4, 0.5) is 0 Å². The Kier molecular flexibility index (Phi) is 3.60. The van der Waals surface area contributed by atoms with Gasteiger partial charge in [-0.15, -0.1) is 10.2 Å². The van der Waals surface area contributed by atoms with Crippen molar-refractivity contribution in [1.29, 1.82) is 0 Å². The van der Waals surface area contributed by atoms with Crippen LogP contribution in [-0.4, -0.2) is 25.4 Å². The SMILES string of the molecule is Cc1ccc(Cc2nnn(Cc3cc(Br)no3)n2)cc1. The monoisotopic (exact) mass is 333 g/mol. The number of rotatable bonds is 4. The van der Waals surface area contributed by atoms with Crippen molar-refractivity contribution in [2.24, 2.45) is 0 Å². The molecule has 3 rings (SSSR count). The smallest absolute Gasteiger partial charge is 0.179 e. The quantitative estimate of drug-likeness (QED) is 0.733. The van der Waals surface area contributed by atoms with E-state index < -0.39 is 0 Å². The maximum atomic E-state index is 5.08. The summed E-state index contributed by atoms with van der Waals surface area (Å²) in [4.78, 5) is 1.50. The highest BCUT2D eigenvalue weighted by Gasteiger charge is 2.07. The molecule has 20 heavy (non-hydrogen) atoms. The minimum atomic E-state index is 0.416. The first-order valence-corrected chi connectivity index (χ1v) is 6.92. The summed E-state index contributed by atoms with van der Waals surface area (Å²) in [5, 5.41) is 16.1. The lowest BCUT2D eigenvalue weighted by atomic mass is 10.1. The van der Waals surface area contributed by atoms with Crippen molar-refractivity contribution in [1.82, 2.24) is 25.4 Å². The van der Waals surface area contributed by atoms with Crippen molar-refractivity contribution in [2.75, 3.05) is 0 Å². The van der Waals surface area contributed by atoms with E-state index in [4.69, 9.17) is 4.52 Å². The van der Waals surface area contributed by atoms with Gasteiger partial charge in [0.2, 0.25) is 0 Å². The fourth-order valence-corrected chi connectivity index (χ4v) is 2.13. The van der Waals surface area contributed by atoms with Gasteiger partial charge in [-0.3, -0.25) is 0 Å². The van der Waals surface area contributed by atoms with E-state index in [9.17, 15) is 0 Å². The highest BCUT2D eigenvalue weighted by Crippen LogP contribution is 2.11. The zero-order valence-corrected chi connectivity index (χ0v) is 12.4. The van der Waals surface area contributed by atoms with Crippen molar-refractivity contribution in [2.45, 2.75) is 19.9 Å². The molecule has 0 aliphatic heterocycles. The molecule has 6 nitrogen and oxygen atoms in total. The van der Waals surface area contributed by atoms with Crippen LogP contribution < -0.4 is 0 Å². The van der Waals surface area contributed by atoms with Gasteiger partial charge in [-0.1, -0.05) is 35.0 Å². The third kappa shape index (κ3) is 3.11. The lowest BCUT2D eigenvalue weighted by Gasteiger charge is -1.97. The molecule has 7 heteroatoms. The first-order chi connectivity index (χ1) is 9.69. The van der Waals surface area contributed by atoms with Gasteiger partial charge in [-0.05, 0) is 33.6 Å². The molecule has 0 unspecified atom stereocenters. The molecule has 0 aliphatic rings. The molecule has 0 saturated carbocycles. The van der Waals surface area contributed by atoms with Crippen LogP contribution in [0.15, 0.2) is 39.5 Å². The molecule has 3 aromatic rings. The summed E-state index contributed by atoms with van der Waals surface area (Å²) in [6, 6.07) is 10.1. The van der Waals surface area contributed by atoms with E-state index in [1.165, 1.54) is 10.4 Å².